The fourth-order valence-corrected chi connectivity index (χ4v) is 2.12. The summed E-state index contributed by atoms with van der Waals surface area (Å²) in [6.45, 7) is 0. The molecule has 0 unspecified atom stereocenters. The number of aromatic nitrogens is 1. The van der Waals surface area contributed by atoms with Crippen LogP contribution < -0.4 is 4.74 Å². The first-order chi connectivity index (χ1) is 8.06. The highest BCUT2D eigenvalue weighted by atomic mass is 35.5. The fraction of sp³-hybridized carbons (Fsp3) is 0. The first kappa shape index (κ1) is 12.2. The van der Waals surface area contributed by atoms with E-state index >= 15 is 0 Å². The smallest absolute Gasteiger partial charge is 0.337 e. The lowest BCUT2D eigenvalue weighted by molar-refractivity contribution is 0.0696. The van der Waals surface area contributed by atoms with Crippen molar-refractivity contribution < 1.29 is 14.6 Å². The second-order valence-electron chi connectivity index (χ2n) is 2.99. The number of ether oxygens (including phenoxy) is 1. The highest BCUT2D eigenvalue weighted by Crippen LogP contribution is 2.29. The maximum absolute atomic E-state index is 10.9. The monoisotopic (exact) mass is 289 g/mol. The number of hydrogen-bond donors (Lipinski definition) is 1. The molecule has 7 heteroatoms. The van der Waals surface area contributed by atoms with Crippen LogP contribution in [0.25, 0.3) is 0 Å². The second kappa shape index (κ2) is 4.91. The molecule has 4 nitrogen and oxygen atoms in total. The summed E-state index contributed by atoms with van der Waals surface area (Å²) in [5.41, 5.74) is -0.0215. The molecule has 0 saturated carbocycles. The summed E-state index contributed by atoms with van der Waals surface area (Å²) in [5, 5.41) is 11.3. The summed E-state index contributed by atoms with van der Waals surface area (Å²) in [4.78, 5) is 14.7. The number of carboxylic acids is 1. The Kier molecular flexibility index (Phi) is 3.51. The minimum Gasteiger partial charge on any atom is -0.478 e. The van der Waals surface area contributed by atoms with Gasteiger partial charge in [0.2, 0.25) is 0 Å². The zero-order chi connectivity index (χ0) is 12.4. The van der Waals surface area contributed by atoms with Crippen LogP contribution in [0, 0.1) is 0 Å². The van der Waals surface area contributed by atoms with E-state index in [1.807, 2.05) is 0 Å². The molecule has 2 aromatic rings. The van der Waals surface area contributed by atoms with Gasteiger partial charge in [0.15, 0.2) is 0 Å². The number of rotatable bonds is 3. The van der Waals surface area contributed by atoms with Crippen LogP contribution in [0.1, 0.15) is 10.4 Å². The summed E-state index contributed by atoms with van der Waals surface area (Å²) < 4.78 is 5.35. The maximum Gasteiger partial charge on any atom is 0.337 e. The van der Waals surface area contributed by atoms with Crippen LogP contribution >= 0.6 is 34.5 Å². The SMILES string of the molecule is O=C(O)c1cc(Oc2nc(Cl)cs2)ccc1Cl. The Morgan fingerprint density at radius 2 is 2.18 bits per heavy atom. The molecule has 1 N–H and O–H groups in total. The van der Waals surface area contributed by atoms with E-state index in [4.69, 9.17) is 33.0 Å². The van der Waals surface area contributed by atoms with Gasteiger partial charge in [-0.3, -0.25) is 0 Å². The predicted molar refractivity (Wildman–Crippen MR) is 65.6 cm³/mol. The van der Waals surface area contributed by atoms with Crippen molar-refractivity contribution in [2.45, 2.75) is 0 Å². The summed E-state index contributed by atoms with van der Waals surface area (Å²) in [5.74, 6) is -0.768. The van der Waals surface area contributed by atoms with Crippen LogP contribution in [0.2, 0.25) is 10.2 Å². The Bertz CT molecular complexity index is 570. The number of benzene rings is 1. The Morgan fingerprint density at radius 3 is 2.76 bits per heavy atom. The van der Waals surface area contributed by atoms with Crippen molar-refractivity contribution in [3.05, 3.63) is 39.3 Å². The topological polar surface area (TPSA) is 59.4 Å². The molecule has 0 radical (unpaired) electrons. The molecule has 0 aliphatic heterocycles. The molecule has 0 saturated heterocycles. The molecule has 1 heterocycles. The number of hydrogen-bond acceptors (Lipinski definition) is 4. The van der Waals surface area contributed by atoms with Gasteiger partial charge < -0.3 is 9.84 Å². The molecule has 0 atom stereocenters. The molecular weight excluding hydrogens is 285 g/mol. The number of carboxylic acid groups (broad SMARTS) is 1. The number of nitrogens with zero attached hydrogens (tertiary/aromatic N) is 1. The normalized spacial score (nSPS) is 10.2. The molecule has 88 valence electrons. The number of carbonyl (C=O) groups is 1. The lowest BCUT2D eigenvalue weighted by Crippen LogP contribution is -1.97. The van der Waals surface area contributed by atoms with Crippen LogP contribution in [-0.4, -0.2) is 16.1 Å². The molecule has 0 aliphatic carbocycles. The molecule has 1 aromatic heterocycles. The molecule has 0 aliphatic rings. The van der Waals surface area contributed by atoms with Crippen molar-refractivity contribution >= 4 is 40.5 Å². The minimum absolute atomic E-state index is 0.0215. The third-order valence-electron chi connectivity index (χ3n) is 1.83. The largest absolute Gasteiger partial charge is 0.478 e. The van der Waals surface area contributed by atoms with Gasteiger partial charge >= 0.3 is 5.97 Å². The van der Waals surface area contributed by atoms with E-state index in [-0.39, 0.29) is 10.6 Å². The van der Waals surface area contributed by atoms with Gasteiger partial charge in [-0.2, -0.15) is 4.98 Å². The van der Waals surface area contributed by atoms with Gasteiger partial charge in [-0.15, -0.1) is 0 Å². The summed E-state index contributed by atoms with van der Waals surface area (Å²) in [6, 6.07) is 4.35. The minimum atomic E-state index is -1.11. The Hall–Kier alpha value is -1.30. The van der Waals surface area contributed by atoms with Crippen LogP contribution in [0.15, 0.2) is 23.6 Å². The highest BCUT2D eigenvalue weighted by molar-refractivity contribution is 7.11. The fourth-order valence-electron chi connectivity index (χ4n) is 1.12. The van der Waals surface area contributed by atoms with E-state index in [2.05, 4.69) is 4.98 Å². The molecule has 17 heavy (non-hydrogen) atoms. The van der Waals surface area contributed by atoms with Gasteiger partial charge in [0.05, 0.1) is 10.6 Å². The van der Waals surface area contributed by atoms with E-state index in [1.54, 1.807) is 11.4 Å². The molecule has 1 aromatic carbocycles. The summed E-state index contributed by atoms with van der Waals surface area (Å²) in [7, 11) is 0. The number of thiazole rings is 1. The van der Waals surface area contributed by atoms with Gasteiger partial charge in [-0.05, 0) is 18.2 Å². The molecule has 0 bridgehead atoms. The number of aromatic carboxylic acids is 1. The first-order valence-electron chi connectivity index (χ1n) is 4.38. The van der Waals surface area contributed by atoms with E-state index in [1.165, 1.54) is 23.5 Å². The van der Waals surface area contributed by atoms with Crippen molar-refractivity contribution in [2.24, 2.45) is 0 Å². The van der Waals surface area contributed by atoms with Crippen LogP contribution in [0.5, 0.6) is 10.9 Å². The van der Waals surface area contributed by atoms with Crippen molar-refractivity contribution in [2.75, 3.05) is 0 Å². The van der Waals surface area contributed by atoms with Crippen molar-refractivity contribution in [3.8, 4) is 10.9 Å². The lowest BCUT2D eigenvalue weighted by Gasteiger charge is -2.04. The molecule has 0 spiro atoms. The van der Waals surface area contributed by atoms with Crippen molar-refractivity contribution in [1.29, 1.82) is 0 Å². The predicted octanol–water partition coefficient (Wildman–Crippen LogP) is 3.94. The van der Waals surface area contributed by atoms with Crippen LogP contribution in [0.3, 0.4) is 0 Å². The summed E-state index contributed by atoms with van der Waals surface area (Å²) >= 11 is 12.6. The van der Waals surface area contributed by atoms with Gasteiger partial charge in [0.1, 0.15) is 10.9 Å². The van der Waals surface area contributed by atoms with Crippen LogP contribution in [-0.2, 0) is 0 Å². The van der Waals surface area contributed by atoms with E-state index < -0.39 is 5.97 Å². The molecule has 0 fully saturated rings. The van der Waals surface area contributed by atoms with E-state index in [0.29, 0.717) is 16.1 Å². The average molecular weight is 290 g/mol. The first-order valence-corrected chi connectivity index (χ1v) is 6.01. The lowest BCUT2D eigenvalue weighted by atomic mass is 10.2. The Labute approximate surface area is 110 Å². The Morgan fingerprint density at radius 1 is 1.41 bits per heavy atom. The van der Waals surface area contributed by atoms with Gasteiger partial charge in [0, 0.05) is 5.38 Å². The van der Waals surface area contributed by atoms with E-state index in [0.717, 1.165) is 0 Å². The average Bonchev–Trinajstić information content (AvgIpc) is 2.66. The summed E-state index contributed by atoms with van der Waals surface area (Å²) in [6.07, 6.45) is 0. The standard InChI is InChI=1S/C10H5Cl2NO3S/c11-7-2-1-5(3-6(7)9(14)15)16-10-13-8(12)4-17-10/h1-4H,(H,14,15). The van der Waals surface area contributed by atoms with Crippen molar-refractivity contribution in [1.82, 2.24) is 4.98 Å². The molecule has 0 amide bonds. The third kappa shape index (κ3) is 2.88. The van der Waals surface area contributed by atoms with Gasteiger partial charge in [-0.25, -0.2) is 4.79 Å². The quantitative estimate of drug-likeness (QED) is 0.930. The molecule has 2 rings (SSSR count). The van der Waals surface area contributed by atoms with Gasteiger partial charge in [-0.1, -0.05) is 34.5 Å². The van der Waals surface area contributed by atoms with Crippen molar-refractivity contribution in [3.63, 3.8) is 0 Å². The highest BCUT2D eigenvalue weighted by Gasteiger charge is 2.11. The zero-order valence-electron chi connectivity index (χ0n) is 8.18. The zero-order valence-corrected chi connectivity index (χ0v) is 10.5. The van der Waals surface area contributed by atoms with E-state index in [9.17, 15) is 4.79 Å². The Balaban J connectivity index is 2.28. The van der Waals surface area contributed by atoms with Crippen LogP contribution in [0.4, 0.5) is 0 Å². The molecular formula is C10H5Cl2NO3S. The second-order valence-corrected chi connectivity index (χ2v) is 4.60. The number of halogens is 2. The van der Waals surface area contributed by atoms with Gasteiger partial charge in [0.25, 0.3) is 5.19 Å². The third-order valence-corrected chi connectivity index (χ3v) is 3.20. The maximum atomic E-state index is 10.9.